The standard InChI is InChI=1S/C22H29N6O4S/c1-25-10-9-17(13-25)27(18-12-23-26(2)14-18)33(31,32)28(30)22(29)24-21-19-7-3-5-15(19)11-16-6-4-8-20(16)21/h11-12,14,17H,3-10,13H2,1-2H3,(H,24,29)/q-1. The van der Waals surface area contributed by atoms with Gasteiger partial charge in [0, 0.05) is 25.5 Å². The Morgan fingerprint density at radius 2 is 1.82 bits per heavy atom. The number of urea groups is 1. The molecular formula is C22H29N6O4S-. The molecule has 2 amide bonds. The van der Waals surface area contributed by atoms with Crippen molar-refractivity contribution in [3.05, 3.63) is 45.9 Å². The predicted molar refractivity (Wildman–Crippen MR) is 125 cm³/mol. The Balaban J connectivity index is 1.46. The Bertz CT molecular complexity index is 1160. The first-order valence-electron chi connectivity index (χ1n) is 11.4. The number of nitrogens with zero attached hydrogens (tertiary/aromatic N) is 5. The van der Waals surface area contributed by atoms with Crippen LogP contribution in [0.3, 0.4) is 0 Å². The molecule has 1 aromatic heterocycles. The highest BCUT2D eigenvalue weighted by atomic mass is 32.2. The second-order valence-corrected chi connectivity index (χ2v) is 10.9. The van der Waals surface area contributed by atoms with Crippen LogP contribution in [-0.4, -0.2) is 59.8 Å². The highest BCUT2D eigenvalue weighted by Gasteiger charge is 2.38. The first-order chi connectivity index (χ1) is 15.8. The number of anilines is 2. The number of amides is 2. The van der Waals surface area contributed by atoms with E-state index in [0.29, 0.717) is 25.2 Å². The fraction of sp³-hybridized carbons (Fsp3) is 0.545. The van der Waals surface area contributed by atoms with Crippen molar-refractivity contribution >= 4 is 27.6 Å². The Morgan fingerprint density at radius 1 is 1.15 bits per heavy atom. The molecule has 3 aliphatic rings. The summed E-state index contributed by atoms with van der Waals surface area (Å²) < 4.78 is 29.0. The molecule has 0 bridgehead atoms. The van der Waals surface area contributed by atoms with E-state index in [9.17, 15) is 18.4 Å². The van der Waals surface area contributed by atoms with Gasteiger partial charge < -0.3 is 15.4 Å². The summed E-state index contributed by atoms with van der Waals surface area (Å²) in [7, 11) is -1.11. The molecule has 5 rings (SSSR count). The van der Waals surface area contributed by atoms with E-state index < -0.39 is 26.8 Å². The molecule has 10 nitrogen and oxygen atoms in total. The molecule has 1 unspecified atom stereocenters. The topological polar surface area (TPSA) is 114 Å². The minimum Gasteiger partial charge on any atom is -0.740 e. The summed E-state index contributed by atoms with van der Waals surface area (Å²) in [5.41, 5.74) is 5.38. The molecule has 1 atom stereocenters. The van der Waals surface area contributed by atoms with E-state index in [4.69, 9.17) is 0 Å². The van der Waals surface area contributed by atoms with Crippen LogP contribution in [-0.2, 0) is 42.9 Å². The molecule has 1 aliphatic heterocycles. The lowest BCUT2D eigenvalue weighted by Gasteiger charge is -2.37. The number of carbonyl (C=O) groups is 1. The molecule has 33 heavy (non-hydrogen) atoms. The zero-order valence-corrected chi connectivity index (χ0v) is 19.8. The van der Waals surface area contributed by atoms with Crippen molar-refractivity contribution in [3.8, 4) is 0 Å². The number of rotatable bonds is 5. The van der Waals surface area contributed by atoms with E-state index >= 15 is 0 Å². The third-order valence-electron chi connectivity index (χ3n) is 6.97. The minimum atomic E-state index is -4.68. The van der Waals surface area contributed by atoms with Gasteiger partial charge in [-0.2, -0.15) is 13.5 Å². The third kappa shape index (κ3) is 3.87. The predicted octanol–water partition coefficient (Wildman–Crippen LogP) is 2.18. The molecule has 178 valence electrons. The molecule has 0 saturated carbocycles. The summed E-state index contributed by atoms with van der Waals surface area (Å²) in [5.74, 6) is 0. The van der Waals surface area contributed by atoms with Crippen LogP contribution >= 0.6 is 0 Å². The molecular weight excluding hydrogens is 444 g/mol. The van der Waals surface area contributed by atoms with E-state index in [1.165, 1.54) is 22.0 Å². The maximum atomic E-state index is 13.5. The summed E-state index contributed by atoms with van der Waals surface area (Å²) in [6.45, 7) is 1.16. The van der Waals surface area contributed by atoms with Gasteiger partial charge in [0.2, 0.25) is 0 Å². The second-order valence-electron chi connectivity index (χ2n) is 9.27. The van der Waals surface area contributed by atoms with Gasteiger partial charge in [-0.25, -0.2) is 9.10 Å². The van der Waals surface area contributed by atoms with Crippen LogP contribution in [0, 0.1) is 5.21 Å². The zero-order chi connectivity index (χ0) is 23.3. The number of aryl methyl sites for hydroxylation is 3. The molecule has 11 heteroatoms. The minimum absolute atomic E-state index is 0.271. The number of likely N-dealkylation sites (N-methyl/N-ethyl adjacent to an activating group) is 1. The van der Waals surface area contributed by atoms with Gasteiger partial charge in [0.1, 0.15) is 0 Å². The molecule has 1 saturated heterocycles. The van der Waals surface area contributed by atoms with Crippen LogP contribution < -0.4 is 9.62 Å². The summed E-state index contributed by atoms with van der Waals surface area (Å²) >= 11 is 0. The van der Waals surface area contributed by atoms with Gasteiger partial charge in [0.15, 0.2) is 0 Å². The number of likely N-dealkylation sites (tertiary alicyclic amines) is 1. The maximum Gasteiger partial charge on any atom is 0.326 e. The zero-order valence-electron chi connectivity index (χ0n) is 19.0. The third-order valence-corrected chi connectivity index (χ3v) is 8.56. The monoisotopic (exact) mass is 473 g/mol. The van der Waals surface area contributed by atoms with Crippen molar-refractivity contribution in [2.75, 3.05) is 29.8 Å². The number of carbonyl (C=O) groups excluding carboxylic acids is 1. The fourth-order valence-electron chi connectivity index (χ4n) is 5.46. The lowest BCUT2D eigenvalue weighted by Crippen LogP contribution is -2.50. The maximum absolute atomic E-state index is 13.5. The van der Waals surface area contributed by atoms with Crippen molar-refractivity contribution < 1.29 is 13.2 Å². The molecule has 1 N–H and O–H groups in total. The van der Waals surface area contributed by atoms with Gasteiger partial charge in [0.05, 0.1) is 17.9 Å². The summed E-state index contributed by atoms with van der Waals surface area (Å²) in [6, 6.07) is 0.579. The molecule has 1 aromatic carbocycles. The Labute approximate surface area is 193 Å². The highest BCUT2D eigenvalue weighted by Crippen LogP contribution is 2.39. The Hall–Kier alpha value is -2.63. The number of hydrogen-bond acceptors (Lipinski definition) is 6. The fourth-order valence-corrected chi connectivity index (χ4v) is 6.79. The van der Waals surface area contributed by atoms with Gasteiger partial charge in [-0.15, -0.1) is 0 Å². The number of aromatic nitrogens is 2. The lowest BCUT2D eigenvalue weighted by molar-refractivity contribution is 0.243. The van der Waals surface area contributed by atoms with Crippen LogP contribution in [0.15, 0.2) is 18.5 Å². The first-order valence-corrected chi connectivity index (χ1v) is 12.8. The molecule has 1 fully saturated rings. The average Bonchev–Trinajstić information content (AvgIpc) is 3.56. The lowest BCUT2D eigenvalue weighted by atomic mass is 9.99. The number of benzene rings is 1. The number of nitrogens with one attached hydrogen (secondary N) is 1. The van der Waals surface area contributed by atoms with Crippen LogP contribution in [0.2, 0.25) is 0 Å². The van der Waals surface area contributed by atoms with Crippen molar-refractivity contribution in [2.45, 2.75) is 51.0 Å². The van der Waals surface area contributed by atoms with Gasteiger partial charge in [-0.05, 0) is 80.8 Å². The largest absolute Gasteiger partial charge is 0.740 e. The summed E-state index contributed by atoms with van der Waals surface area (Å²) in [5, 5.41) is 19.8. The molecule has 2 aliphatic carbocycles. The first kappa shape index (κ1) is 22.2. The van der Waals surface area contributed by atoms with E-state index in [2.05, 4.69) is 16.5 Å². The van der Waals surface area contributed by atoms with Gasteiger partial charge in [0.25, 0.3) is 0 Å². The molecule has 0 spiro atoms. The number of fused-ring (bicyclic) bond motifs is 2. The van der Waals surface area contributed by atoms with Gasteiger partial charge in [-0.1, -0.05) is 6.07 Å². The van der Waals surface area contributed by atoms with Gasteiger partial charge in [-0.3, -0.25) is 9.15 Å². The van der Waals surface area contributed by atoms with Crippen LogP contribution in [0.1, 0.15) is 41.5 Å². The average molecular weight is 474 g/mol. The number of hydrogen-bond donors (Lipinski definition) is 1. The Kier molecular flexibility index (Phi) is 5.58. The van der Waals surface area contributed by atoms with Crippen molar-refractivity contribution in [3.63, 3.8) is 0 Å². The molecule has 0 radical (unpaired) electrons. The molecule has 2 aromatic rings. The highest BCUT2D eigenvalue weighted by molar-refractivity contribution is 7.91. The van der Waals surface area contributed by atoms with E-state index in [0.717, 1.165) is 54.0 Å². The van der Waals surface area contributed by atoms with Crippen molar-refractivity contribution in [1.82, 2.24) is 19.1 Å². The summed E-state index contributed by atoms with van der Waals surface area (Å²) in [6.07, 6.45) is 9.00. The number of hydroxylamine groups is 1. The van der Waals surface area contributed by atoms with E-state index in [1.807, 2.05) is 11.9 Å². The van der Waals surface area contributed by atoms with Crippen LogP contribution in [0.25, 0.3) is 0 Å². The normalized spacial score (nSPS) is 20.0. The van der Waals surface area contributed by atoms with Crippen LogP contribution in [0.5, 0.6) is 0 Å². The summed E-state index contributed by atoms with van der Waals surface area (Å²) in [4.78, 5) is 15.0. The van der Waals surface area contributed by atoms with Gasteiger partial charge >= 0.3 is 16.2 Å². The quantitative estimate of drug-likeness (QED) is 0.666. The molecule has 2 heterocycles. The van der Waals surface area contributed by atoms with Crippen molar-refractivity contribution in [1.29, 1.82) is 0 Å². The Morgan fingerprint density at radius 3 is 2.36 bits per heavy atom. The van der Waals surface area contributed by atoms with E-state index in [-0.39, 0.29) is 5.69 Å². The SMILES string of the molecule is CN1CCC(N(c2cnn(C)c2)S(=O)(=O)N([O-])C(=O)Nc2c3c(cc4c2CCC4)CCC3)C1. The smallest absolute Gasteiger partial charge is 0.326 e. The van der Waals surface area contributed by atoms with E-state index in [1.54, 1.807) is 13.2 Å². The van der Waals surface area contributed by atoms with Crippen molar-refractivity contribution in [2.24, 2.45) is 7.05 Å². The second kappa shape index (κ2) is 8.30. The van der Waals surface area contributed by atoms with Crippen LogP contribution in [0.4, 0.5) is 16.2 Å².